The predicted molar refractivity (Wildman–Crippen MR) is 90.5 cm³/mol. The number of hydrogen-bond acceptors (Lipinski definition) is 3. The van der Waals surface area contributed by atoms with Crippen LogP contribution >= 0.6 is 0 Å². The summed E-state index contributed by atoms with van der Waals surface area (Å²) in [5.74, 6) is 0.458. The minimum Gasteiger partial charge on any atom is -0.508 e. The first-order valence-corrected chi connectivity index (χ1v) is 8.66. The van der Waals surface area contributed by atoms with E-state index in [0.717, 1.165) is 63.2 Å². The summed E-state index contributed by atoms with van der Waals surface area (Å²) < 4.78 is 0. The van der Waals surface area contributed by atoms with Crippen LogP contribution in [0.25, 0.3) is 0 Å². The van der Waals surface area contributed by atoms with Crippen LogP contribution in [0.1, 0.15) is 75.8 Å². The number of hydrogen-bond donors (Lipinski definition) is 2. The van der Waals surface area contributed by atoms with Crippen LogP contribution in [-0.4, -0.2) is 16.5 Å². The van der Waals surface area contributed by atoms with Gasteiger partial charge in [-0.25, -0.2) is 0 Å². The van der Waals surface area contributed by atoms with Crippen molar-refractivity contribution in [2.75, 3.05) is 0 Å². The maximum Gasteiger partial charge on any atom is 0.122 e. The van der Waals surface area contributed by atoms with Crippen molar-refractivity contribution in [2.24, 2.45) is 0 Å². The first-order chi connectivity index (χ1) is 10.7. The monoisotopic (exact) mass is 306 g/mol. The van der Waals surface area contributed by atoms with Crippen molar-refractivity contribution in [1.82, 2.24) is 0 Å². The zero-order chi connectivity index (χ0) is 16.2. The maximum absolute atomic E-state index is 10.2. The number of phenols is 2. The van der Waals surface area contributed by atoms with Gasteiger partial charge in [-0.3, -0.25) is 0 Å². The lowest BCUT2D eigenvalue weighted by molar-refractivity contribution is -0.107. The fourth-order valence-corrected chi connectivity index (χ4v) is 2.74. The highest BCUT2D eigenvalue weighted by Crippen LogP contribution is 2.31. The Hall–Kier alpha value is -1.51. The van der Waals surface area contributed by atoms with E-state index in [1.165, 1.54) is 12.8 Å². The van der Waals surface area contributed by atoms with Gasteiger partial charge in [0.1, 0.15) is 17.8 Å². The summed E-state index contributed by atoms with van der Waals surface area (Å²) in [6.45, 7) is 2.17. The van der Waals surface area contributed by atoms with Gasteiger partial charge in [0.25, 0.3) is 0 Å². The Morgan fingerprint density at radius 1 is 0.864 bits per heavy atom. The number of phenolic OH excluding ortho intramolecular Hbond substituents is 2. The number of carbonyl (C=O) groups is 1. The van der Waals surface area contributed by atoms with Crippen molar-refractivity contribution in [3.8, 4) is 11.5 Å². The molecule has 0 atom stereocenters. The molecular formula is C19H30O3. The normalized spacial score (nSPS) is 10.8. The fraction of sp³-hybridized carbons (Fsp3) is 0.632. The lowest BCUT2D eigenvalue weighted by Gasteiger charge is -2.10. The number of unbranched alkanes of at least 4 members (excludes halogenated alkanes) is 7. The molecule has 0 saturated carbocycles. The van der Waals surface area contributed by atoms with E-state index in [1.807, 2.05) is 0 Å². The van der Waals surface area contributed by atoms with Gasteiger partial charge in [-0.2, -0.15) is 0 Å². The molecule has 124 valence electrons. The molecule has 22 heavy (non-hydrogen) atoms. The van der Waals surface area contributed by atoms with Gasteiger partial charge >= 0.3 is 0 Å². The summed E-state index contributed by atoms with van der Waals surface area (Å²) in [7, 11) is 0. The molecular weight excluding hydrogens is 276 g/mol. The van der Waals surface area contributed by atoms with E-state index in [0.29, 0.717) is 12.0 Å². The molecule has 2 N–H and O–H groups in total. The van der Waals surface area contributed by atoms with Crippen molar-refractivity contribution in [3.63, 3.8) is 0 Å². The molecule has 0 heterocycles. The fourth-order valence-electron chi connectivity index (χ4n) is 2.74. The zero-order valence-corrected chi connectivity index (χ0v) is 13.8. The van der Waals surface area contributed by atoms with Crippen LogP contribution in [-0.2, 0) is 17.6 Å². The maximum atomic E-state index is 10.2. The summed E-state index contributed by atoms with van der Waals surface area (Å²) in [5, 5.41) is 20.2. The average molecular weight is 306 g/mol. The minimum absolute atomic E-state index is 0.229. The summed E-state index contributed by atoms with van der Waals surface area (Å²) >= 11 is 0. The van der Waals surface area contributed by atoms with Crippen molar-refractivity contribution < 1.29 is 15.0 Å². The highest BCUT2D eigenvalue weighted by atomic mass is 16.3. The summed E-state index contributed by atoms with van der Waals surface area (Å²) in [6, 6.07) is 3.58. The van der Waals surface area contributed by atoms with E-state index in [4.69, 9.17) is 0 Å². The van der Waals surface area contributed by atoms with E-state index in [2.05, 4.69) is 6.92 Å². The Morgan fingerprint density at radius 2 is 1.45 bits per heavy atom. The SMILES string of the molecule is CCCCCCc1c(O)cc(CCCCCCC=O)cc1O. The molecule has 1 aromatic carbocycles. The Labute approximate surface area is 134 Å². The predicted octanol–water partition coefficient (Wildman–Crippen LogP) is 4.91. The van der Waals surface area contributed by atoms with Gasteiger partial charge in [-0.1, -0.05) is 39.0 Å². The van der Waals surface area contributed by atoms with Gasteiger partial charge in [-0.15, -0.1) is 0 Å². The van der Waals surface area contributed by atoms with Gasteiger partial charge in [0.05, 0.1) is 0 Å². The van der Waals surface area contributed by atoms with E-state index in [9.17, 15) is 15.0 Å². The summed E-state index contributed by atoms with van der Waals surface area (Å²) in [4.78, 5) is 10.2. The summed E-state index contributed by atoms with van der Waals surface area (Å²) in [6.07, 6.45) is 11.9. The van der Waals surface area contributed by atoms with Crippen molar-refractivity contribution in [2.45, 2.75) is 77.6 Å². The van der Waals surface area contributed by atoms with E-state index < -0.39 is 0 Å². The van der Waals surface area contributed by atoms with E-state index in [-0.39, 0.29) is 11.5 Å². The molecule has 0 aliphatic rings. The van der Waals surface area contributed by atoms with Gasteiger partial charge in [0.2, 0.25) is 0 Å². The second-order valence-corrected chi connectivity index (χ2v) is 6.04. The number of aryl methyl sites for hydroxylation is 1. The lowest BCUT2D eigenvalue weighted by atomic mass is 9.99. The topological polar surface area (TPSA) is 57.5 Å². The molecule has 3 heteroatoms. The Bertz CT molecular complexity index is 417. The van der Waals surface area contributed by atoms with E-state index in [1.54, 1.807) is 12.1 Å². The molecule has 0 saturated heterocycles. The van der Waals surface area contributed by atoms with Gasteiger partial charge in [-0.05, 0) is 49.8 Å². The molecule has 0 amide bonds. The second kappa shape index (κ2) is 11.1. The quantitative estimate of drug-likeness (QED) is 0.426. The first-order valence-electron chi connectivity index (χ1n) is 8.66. The average Bonchev–Trinajstić information content (AvgIpc) is 2.49. The number of benzene rings is 1. The molecule has 3 nitrogen and oxygen atoms in total. The van der Waals surface area contributed by atoms with Crippen LogP contribution in [0.5, 0.6) is 11.5 Å². The Balaban J connectivity index is 2.41. The molecule has 0 unspecified atom stereocenters. The highest BCUT2D eigenvalue weighted by molar-refractivity contribution is 5.49. The minimum atomic E-state index is 0.229. The number of carbonyl (C=O) groups excluding carboxylic acids is 1. The van der Waals surface area contributed by atoms with Crippen LogP contribution in [0.15, 0.2) is 12.1 Å². The summed E-state index contributed by atoms with van der Waals surface area (Å²) in [5.41, 5.74) is 1.67. The van der Waals surface area contributed by atoms with Crippen LogP contribution in [0, 0.1) is 0 Å². The first kappa shape index (κ1) is 18.5. The third kappa shape index (κ3) is 6.97. The smallest absolute Gasteiger partial charge is 0.122 e. The number of rotatable bonds is 12. The molecule has 0 radical (unpaired) electrons. The molecule has 1 aromatic rings. The van der Waals surface area contributed by atoms with Gasteiger partial charge in [0, 0.05) is 12.0 Å². The third-order valence-electron chi connectivity index (χ3n) is 4.08. The Morgan fingerprint density at radius 3 is 2.09 bits per heavy atom. The van der Waals surface area contributed by atoms with Crippen molar-refractivity contribution in [3.05, 3.63) is 23.3 Å². The van der Waals surface area contributed by atoms with Gasteiger partial charge < -0.3 is 15.0 Å². The second-order valence-electron chi connectivity index (χ2n) is 6.04. The number of aromatic hydroxyl groups is 2. The third-order valence-corrected chi connectivity index (χ3v) is 4.08. The van der Waals surface area contributed by atoms with Gasteiger partial charge in [0.15, 0.2) is 0 Å². The molecule has 0 aromatic heterocycles. The van der Waals surface area contributed by atoms with Crippen molar-refractivity contribution in [1.29, 1.82) is 0 Å². The highest BCUT2D eigenvalue weighted by Gasteiger charge is 2.09. The molecule has 0 spiro atoms. The largest absolute Gasteiger partial charge is 0.508 e. The van der Waals surface area contributed by atoms with Crippen LogP contribution in [0.3, 0.4) is 0 Å². The lowest BCUT2D eigenvalue weighted by Crippen LogP contribution is -1.92. The molecule has 1 rings (SSSR count). The molecule has 0 bridgehead atoms. The Kier molecular flexibility index (Phi) is 9.36. The molecule has 0 aliphatic carbocycles. The van der Waals surface area contributed by atoms with E-state index >= 15 is 0 Å². The number of aldehydes is 1. The van der Waals surface area contributed by atoms with Crippen LogP contribution < -0.4 is 0 Å². The zero-order valence-electron chi connectivity index (χ0n) is 13.8. The van der Waals surface area contributed by atoms with Crippen LogP contribution in [0.2, 0.25) is 0 Å². The standard InChI is InChI=1S/C19H30O3/c1-2-3-4-9-12-17-18(21)14-16(15-19(17)22)11-8-6-5-7-10-13-20/h13-15,21-22H,2-12H2,1H3. The van der Waals surface area contributed by atoms with Crippen molar-refractivity contribution >= 4 is 6.29 Å². The molecule has 0 aliphatic heterocycles. The molecule has 0 fully saturated rings. The van der Waals surface area contributed by atoms with Crippen LogP contribution in [0.4, 0.5) is 0 Å².